The number of aromatic nitrogens is 4. The number of nitrogens with zero attached hydrogens (tertiary/aromatic N) is 3. The Morgan fingerprint density at radius 2 is 1.89 bits per heavy atom. The summed E-state index contributed by atoms with van der Waals surface area (Å²) in [5, 5.41) is 3.11. The molecular formula is C13H9IN4O. The molecule has 19 heavy (non-hydrogen) atoms. The van der Waals surface area contributed by atoms with Crippen LogP contribution in [0, 0.1) is 0 Å². The van der Waals surface area contributed by atoms with E-state index in [0.29, 0.717) is 11.3 Å². The Morgan fingerprint density at radius 1 is 1.11 bits per heavy atom. The molecule has 0 unspecified atom stereocenters. The average molecular weight is 364 g/mol. The van der Waals surface area contributed by atoms with Gasteiger partial charge in [0.1, 0.15) is 0 Å². The van der Waals surface area contributed by atoms with Crippen LogP contribution in [0.15, 0.2) is 53.5 Å². The summed E-state index contributed by atoms with van der Waals surface area (Å²) in [4.78, 5) is 16.9. The zero-order valence-corrected chi connectivity index (χ0v) is 11.9. The molecule has 0 amide bonds. The van der Waals surface area contributed by atoms with Crippen LogP contribution in [0.5, 0.6) is 0 Å². The molecule has 0 saturated carbocycles. The number of halogens is 1. The standard InChI is InChI=1S/C13H8N4O.HI/c18-12-11-7-3-4-8-16(11)15-13-14-9-5-1-2-6-10(9)17(12)13;/h1-8H;1H. The molecule has 0 saturated heterocycles. The second-order valence-electron chi connectivity index (χ2n) is 4.13. The number of imidazole rings is 1. The number of fused-ring (bicyclic) bond motifs is 4. The largest absolute Gasteiger partial charge is 1.00 e. The van der Waals surface area contributed by atoms with E-state index in [-0.39, 0.29) is 29.5 Å². The molecule has 0 fully saturated rings. The van der Waals surface area contributed by atoms with E-state index in [1.54, 1.807) is 21.2 Å². The van der Waals surface area contributed by atoms with Crippen molar-refractivity contribution in [2.45, 2.75) is 0 Å². The fraction of sp³-hybridized carbons (Fsp3) is 0. The van der Waals surface area contributed by atoms with E-state index in [2.05, 4.69) is 10.1 Å². The van der Waals surface area contributed by atoms with Gasteiger partial charge in [0.2, 0.25) is 6.20 Å². The Labute approximate surface area is 124 Å². The first-order valence-electron chi connectivity index (χ1n) is 5.64. The van der Waals surface area contributed by atoms with Gasteiger partial charge in [-0.25, -0.2) is 9.38 Å². The van der Waals surface area contributed by atoms with Crippen LogP contribution in [-0.2, 0) is 0 Å². The maximum Gasteiger partial charge on any atom is 0.333 e. The normalized spacial score (nSPS) is 10.9. The number of hydrogen-bond acceptors (Lipinski definition) is 2. The van der Waals surface area contributed by atoms with Gasteiger partial charge in [0.25, 0.3) is 5.78 Å². The fourth-order valence-corrected chi connectivity index (χ4v) is 2.24. The van der Waals surface area contributed by atoms with Gasteiger partial charge in [-0.1, -0.05) is 16.6 Å². The van der Waals surface area contributed by atoms with Crippen molar-refractivity contribution >= 4 is 22.3 Å². The highest BCUT2D eigenvalue weighted by atomic mass is 127. The Hall–Kier alpha value is -1.96. The number of para-hydroxylation sites is 2. The minimum absolute atomic E-state index is 0. The van der Waals surface area contributed by atoms with Crippen molar-refractivity contribution in [3.05, 3.63) is 59.0 Å². The minimum Gasteiger partial charge on any atom is -1.00 e. The highest BCUT2D eigenvalue weighted by molar-refractivity contribution is 5.79. The molecule has 0 radical (unpaired) electrons. The summed E-state index contributed by atoms with van der Waals surface area (Å²) >= 11 is 0. The SMILES string of the molecule is O=c1c2cccc[n+]2[nH]c2nc3ccccc3n12.[I-]. The maximum atomic E-state index is 12.4. The Morgan fingerprint density at radius 3 is 2.79 bits per heavy atom. The third-order valence-electron chi connectivity index (χ3n) is 3.06. The van der Waals surface area contributed by atoms with E-state index in [0.717, 1.165) is 11.0 Å². The highest BCUT2D eigenvalue weighted by Crippen LogP contribution is 2.11. The lowest BCUT2D eigenvalue weighted by molar-refractivity contribution is -0.579. The van der Waals surface area contributed by atoms with Crippen molar-refractivity contribution in [3.63, 3.8) is 0 Å². The summed E-state index contributed by atoms with van der Waals surface area (Å²) in [6, 6.07) is 13.1. The lowest BCUT2D eigenvalue weighted by atomic mass is 10.3. The molecule has 1 aromatic carbocycles. The van der Waals surface area contributed by atoms with E-state index >= 15 is 0 Å². The van der Waals surface area contributed by atoms with Crippen LogP contribution in [-0.4, -0.2) is 14.5 Å². The fourth-order valence-electron chi connectivity index (χ4n) is 2.24. The molecule has 3 heterocycles. The molecule has 4 aromatic rings. The summed E-state index contributed by atoms with van der Waals surface area (Å²) in [6.07, 6.45) is 1.80. The maximum absolute atomic E-state index is 12.4. The number of aromatic amines is 1. The van der Waals surface area contributed by atoms with Crippen LogP contribution in [0.2, 0.25) is 0 Å². The minimum atomic E-state index is -0.0712. The van der Waals surface area contributed by atoms with Crippen molar-refractivity contribution in [1.82, 2.24) is 14.5 Å². The number of hydrogen-bond donors (Lipinski definition) is 1. The number of rotatable bonds is 0. The lowest BCUT2D eigenvalue weighted by Gasteiger charge is -1.93. The number of pyridine rings is 1. The van der Waals surface area contributed by atoms with E-state index < -0.39 is 0 Å². The zero-order valence-electron chi connectivity index (χ0n) is 9.75. The summed E-state index contributed by atoms with van der Waals surface area (Å²) < 4.78 is 3.29. The average Bonchev–Trinajstić information content (AvgIpc) is 2.77. The Kier molecular flexibility index (Phi) is 2.74. The third kappa shape index (κ3) is 1.63. The number of nitrogens with one attached hydrogen (secondary N) is 1. The lowest BCUT2D eigenvalue weighted by Crippen LogP contribution is -3.00. The molecule has 0 atom stereocenters. The summed E-state index contributed by atoms with van der Waals surface area (Å²) in [5.41, 5.74) is 2.15. The molecule has 0 aliphatic heterocycles. The topological polar surface area (TPSA) is 54.3 Å². The van der Waals surface area contributed by atoms with Crippen molar-refractivity contribution in [1.29, 1.82) is 0 Å². The summed E-state index contributed by atoms with van der Waals surface area (Å²) in [7, 11) is 0. The summed E-state index contributed by atoms with van der Waals surface area (Å²) in [5.74, 6) is 0.546. The van der Waals surface area contributed by atoms with Crippen molar-refractivity contribution in [2.24, 2.45) is 0 Å². The first-order chi connectivity index (χ1) is 8.84. The molecule has 94 valence electrons. The molecule has 1 N–H and O–H groups in total. The van der Waals surface area contributed by atoms with Crippen LogP contribution in [0.3, 0.4) is 0 Å². The van der Waals surface area contributed by atoms with E-state index in [4.69, 9.17) is 0 Å². The van der Waals surface area contributed by atoms with Crippen LogP contribution >= 0.6 is 0 Å². The number of benzene rings is 1. The van der Waals surface area contributed by atoms with Crippen molar-refractivity contribution < 1.29 is 28.5 Å². The van der Waals surface area contributed by atoms with Crippen LogP contribution in [0.1, 0.15) is 0 Å². The quantitative estimate of drug-likeness (QED) is 0.288. The van der Waals surface area contributed by atoms with Gasteiger partial charge in [-0.15, -0.1) is 5.10 Å². The van der Waals surface area contributed by atoms with E-state index in [1.807, 2.05) is 36.4 Å². The highest BCUT2D eigenvalue weighted by Gasteiger charge is 2.14. The van der Waals surface area contributed by atoms with Crippen LogP contribution in [0.25, 0.3) is 22.3 Å². The van der Waals surface area contributed by atoms with Gasteiger partial charge in [-0.3, -0.25) is 4.79 Å². The van der Waals surface area contributed by atoms with E-state index in [9.17, 15) is 4.79 Å². The molecule has 3 aromatic heterocycles. The summed E-state index contributed by atoms with van der Waals surface area (Å²) in [6.45, 7) is 0. The van der Waals surface area contributed by atoms with Gasteiger partial charge in [0.05, 0.1) is 11.0 Å². The van der Waals surface area contributed by atoms with Gasteiger partial charge < -0.3 is 24.0 Å². The van der Waals surface area contributed by atoms with Crippen LogP contribution < -0.4 is 34.1 Å². The molecular weight excluding hydrogens is 355 g/mol. The first kappa shape index (κ1) is 12.1. The van der Waals surface area contributed by atoms with Crippen LogP contribution in [0.4, 0.5) is 0 Å². The van der Waals surface area contributed by atoms with Gasteiger partial charge >= 0.3 is 11.1 Å². The smallest absolute Gasteiger partial charge is 0.333 e. The van der Waals surface area contributed by atoms with Gasteiger partial charge in [-0.05, 0) is 18.2 Å². The second-order valence-corrected chi connectivity index (χ2v) is 4.13. The Balaban J connectivity index is 0.00000110. The molecule has 0 aliphatic carbocycles. The van der Waals surface area contributed by atoms with Crippen molar-refractivity contribution in [2.75, 3.05) is 0 Å². The molecule has 0 aliphatic rings. The van der Waals surface area contributed by atoms with Gasteiger partial charge in [0, 0.05) is 12.1 Å². The zero-order chi connectivity index (χ0) is 12.1. The molecule has 4 rings (SSSR count). The molecule has 0 spiro atoms. The molecule has 5 nitrogen and oxygen atoms in total. The number of H-pyrrole nitrogens is 1. The monoisotopic (exact) mass is 364 g/mol. The molecule has 0 bridgehead atoms. The predicted molar refractivity (Wildman–Crippen MR) is 66.5 cm³/mol. The third-order valence-corrected chi connectivity index (χ3v) is 3.06. The first-order valence-corrected chi connectivity index (χ1v) is 5.64. The van der Waals surface area contributed by atoms with Gasteiger partial charge in [0.15, 0.2) is 0 Å². The Bertz CT molecular complexity index is 957. The van der Waals surface area contributed by atoms with Crippen molar-refractivity contribution in [3.8, 4) is 0 Å². The predicted octanol–water partition coefficient (Wildman–Crippen LogP) is -2.08. The van der Waals surface area contributed by atoms with Gasteiger partial charge in [-0.2, -0.15) is 0 Å². The van der Waals surface area contributed by atoms with E-state index in [1.165, 1.54) is 0 Å². The molecule has 6 heteroatoms. The second kappa shape index (κ2) is 4.30.